The molecule has 199 valence electrons. The number of hydrogen-bond acceptors (Lipinski definition) is 6. The Labute approximate surface area is 246 Å². The van der Waals surface area contributed by atoms with Crippen molar-refractivity contribution >= 4 is 32.1 Å². The molecule has 35 heavy (non-hydrogen) atoms. The Morgan fingerprint density at radius 3 is 2.14 bits per heavy atom. The molecule has 0 saturated carbocycles. The summed E-state index contributed by atoms with van der Waals surface area (Å²) in [7, 11) is -4.06. The molecular formula is C23H43AcN4O6Si-. The van der Waals surface area contributed by atoms with Crippen molar-refractivity contribution in [1.29, 1.82) is 0 Å². The Balaban J connectivity index is 0.0000116. The Hall–Kier alpha value is -0.382. The molecule has 12 heteroatoms. The maximum atomic E-state index is 12.9. The second kappa shape index (κ2) is 16.5. The van der Waals surface area contributed by atoms with Gasteiger partial charge in [0.25, 0.3) is 0 Å². The number of carbonyl (C=O) groups is 4. The van der Waals surface area contributed by atoms with Crippen molar-refractivity contribution in [3.63, 3.8) is 0 Å². The van der Waals surface area contributed by atoms with E-state index in [1.165, 1.54) is 20.8 Å². The van der Waals surface area contributed by atoms with Gasteiger partial charge in [-0.2, -0.15) is 0 Å². The van der Waals surface area contributed by atoms with Crippen LogP contribution in [0.3, 0.4) is 0 Å². The predicted octanol–water partition coefficient (Wildman–Crippen LogP) is 1.03. The minimum absolute atomic E-state index is 0. The summed E-state index contributed by atoms with van der Waals surface area (Å²) in [6.07, 6.45) is 3.07. The molecule has 1 saturated heterocycles. The second-order valence-electron chi connectivity index (χ2n) is 9.89. The van der Waals surface area contributed by atoms with Gasteiger partial charge in [-0.25, -0.2) is 0 Å². The third kappa shape index (κ3) is 12.1. The third-order valence-corrected chi connectivity index (χ3v) is 8.79. The van der Waals surface area contributed by atoms with Gasteiger partial charge in [-0.3, -0.25) is 19.2 Å². The molecule has 0 aromatic heterocycles. The van der Waals surface area contributed by atoms with Crippen LogP contribution in [0.15, 0.2) is 0 Å². The van der Waals surface area contributed by atoms with Crippen LogP contribution in [0.5, 0.6) is 0 Å². The van der Waals surface area contributed by atoms with Crippen LogP contribution in [-0.4, -0.2) is 72.0 Å². The molecule has 1 radical (unpaired) electrons. The molecule has 0 aromatic carbocycles. The first kappa shape index (κ1) is 34.6. The van der Waals surface area contributed by atoms with E-state index >= 15 is 0 Å². The largest absolute Gasteiger partial charge is 0.652 e. The van der Waals surface area contributed by atoms with Crippen LogP contribution < -0.4 is 16.0 Å². The number of Topliss-reactive ketones (excluding diaryl/α,β-unsaturated/α-hetero) is 1. The first-order valence-electron chi connectivity index (χ1n) is 12.3. The van der Waals surface area contributed by atoms with E-state index in [1.807, 2.05) is 20.8 Å². The summed E-state index contributed by atoms with van der Waals surface area (Å²) in [5, 5.41) is 12.2. The Morgan fingerprint density at radius 1 is 1.03 bits per heavy atom. The normalized spacial score (nSPS) is 19.2. The molecule has 0 bridgehead atoms. The van der Waals surface area contributed by atoms with E-state index in [-0.39, 0.29) is 73.6 Å². The van der Waals surface area contributed by atoms with Crippen LogP contribution in [0.2, 0.25) is 6.04 Å². The van der Waals surface area contributed by atoms with Gasteiger partial charge in [0.05, 0.1) is 11.7 Å². The number of nitrogens with one attached hydrogen (secondary N) is 3. The number of amides is 3. The molecule has 5 atom stereocenters. The van der Waals surface area contributed by atoms with Gasteiger partial charge in [0.1, 0.15) is 6.04 Å². The molecule has 5 N–H and O–H groups in total. The second-order valence-corrected chi connectivity index (χ2v) is 12.9. The zero-order valence-electron chi connectivity index (χ0n) is 22.0. The van der Waals surface area contributed by atoms with Crippen molar-refractivity contribution in [2.24, 2.45) is 11.8 Å². The van der Waals surface area contributed by atoms with E-state index < -0.39 is 44.2 Å². The van der Waals surface area contributed by atoms with Crippen molar-refractivity contribution in [3.05, 3.63) is 5.32 Å². The van der Waals surface area contributed by atoms with E-state index in [9.17, 15) is 28.8 Å². The van der Waals surface area contributed by atoms with Crippen molar-refractivity contribution in [3.8, 4) is 0 Å². The number of hydrogen-bond donors (Lipinski definition) is 5. The first-order valence-corrected chi connectivity index (χ1v) is 14.5. The molecule has 1 aliphatic rings. The van der Waals surface area contributed by atoms with E-state index in [4.69, 9.17) is 0 Å². The minimum atomic E-state index is -4.06. The van der Waals surface area contributed by atoms with Gasteiger partial charge in [0, 0.05) is 56.0 Å². The van der Waals surface area contributed by atoms with Crippen LogP contribution in [0.1, 0.15) is 73.6 Å². The Morgan fingerprint density at radius 2 is 1.66 bits per heavy atom. The van der Waals surface area contributed by atoms with Crippen LogP contribution in [-0.2, 0) is 19.2 Å². The van der Waals surface area contributed by atoms with Crippen molar-refractivity contribution in [1.82, 2.24) is 16.0 Å². The summed E-state index contributed by atoms with van der Waals surface area (Å²) in [5.41, 5.74) is -0.970. The number of ketones is 1. The fraction of sp³-hybridized carbons (Fsp3) is 0.826. The van der Waals surface area contributed by atoms with Crippen molar-refractivity contribution in [2.45, 2.75) is 103 Å². The van der Waals surface area contributed by atoms with Gasteiger partial charge in [0.15, 0.2) is 5.78 Å². The first-order chi connectivity index (χ1) is 15.8. The summed E-state index contributed by atoms with van der Waals surface area (Å²) in [5.74, 6) is -1.86. The quantitative estimate of drug-likeness (QED) is 0.168. The smallest absolute Gasteiger partial charge is 0.356 e. The van der Waals surface area contributed by atoms with Crippen molar-refractivity contribution < 1.29 is 72.8 Å². The Kier molecular flexibility index (Phi) is 16.3. The van der Waals surface area contributed by atoms with Gasteiger partial charge in [-0.05, 0) is 39.5 Å². The van der Waals surface area contributed by atoms with Crippen LogP contribution in [0.4, 0.5) is 0 Å². The van der Waals surface area contributed by atoms with Crippen LogP contribution in [0, 0.1) is 55.9 Å². The fourth-order valence-electron chi connectivity index (χ4n) is 3.97. The van der Waals surface area contributed by atoms with E-state index in [0.717, 1.165) is 6.42 Å². The van der Waals surface area contributed by atoms with Crippen LogP contribution >= 0.6 is 0 Å². The molecule has 5 unspecified atom stereocenters. The molecule has 1 rings (SSSR count). The standard InChI is InChI=1S/C23H43N4O6Si.Ac/c1-7-9-18(22(30)27-20(16(5)28)12-14(2)3)13-34(32,33)17(6)26-21(29)15(4)25-23(31)19-10-8-11-24-19;/h14-15,17-20,32-33H,7-13H2,1-6H3,(H,25,31)(H,26,29)(H,27,30);/q-1;. The van der Waals surface area contributed by atoms with E-state index in [0.29, 0.717) is 32.2 Å². The molecule has 0 spiro atoms. The molecule has 1 fully saturated rings. The zero-order valence-corrected chi connectivity index (χ0v) is 27.7. The average Bonchev–Trinajstić information content (AvgIpc) is 3.27. The summed E-state index contributed by atoms with van der Waals surface area (Å²) >= 11 is 0. The maximum Gasteiger partial charge on any atom is 0.356 e. The van der Waals surface area contributed by atoms with E-state index in [1.54, 1.807) is 0 Å². The number of carbonyl (C=O) groups excluding carboxylic acids is 4. The van der Waals surface area contributed by atoms with Crippen molar-refractivity contribution in [2.75, 3.05) is 6.54 Å². The third-order valence-electron chi connectivity index (χ3n) is 6.16. The summed E-state index contributed by atoms with van der Waals surface area (Å²) in [6, 6.07) is -2.10. The molecule has 0 aliphatic carbocycles. The molecule has 10 nitrogen and oxygen atoms in total. The van der Waals surface area contributed by atoms with Gasteiger partial charge >= 0.3 is 8.56 Å². The minimum Gasteiger partial charge on any atom is -0.652 e. The number of rotatable bonds is 14. The van der Waals surface area contributed by atoms with Gasteiger partial charge in [-0.15, -0.1) is 6.54 Å². The van der Waals surface area contributed by atoms with Gasteiger partial charge in [-0.1, -0.05) is 46.1 Å². The Bertz CT molecular complexity index is 718. The SMILES string of the molecule is CCCC(C[Si](O)(O)C(C)NC(=O)C(C)NC(=O)C1CCC[N-]1)C(=O)NC(CC(C)C)C(C)=O.[Ac]. The topological polar surface area (TPSA) is 159 Å². The monoisotopic (exact) mass is 726 g/mol. The molecule has 0 aromatic rings. The average molecular weight is 727 g/mol. The van der Waals surface area contributed by atoms with Gasteiger partial charge < -0.3 is 30.9 Å². The number of nitrogens with zero attached hydrogens (tertiary/aromatic N) is 1. The summed E-state index contributed by atoms with van der Waals surface area (Å²) in [6.45, 7) is 10.9. The molecule has 1 heterocycles. The molecule has 1 aliphatic heterocycles. The molecular weight excluding hydrogens is 683 g/mol. The van der Waals surface area contributed by atoms with Gasteiger partial charge in [0.2, 0.25) is 17.7 Å². The van der Waals surface area contributed by atoms with E-state index in [2.05, 4.69) is 21.3 Å². The zero-order chi connectivity index (χ0) is 26.1. The van der Waals surface area contributed by atoms with Crippen LogP contribution in [0.25, 0.3) is 5.32 Å². The maximum absolute atomic E-state index is 12.9. The molecule has 3 amide bonds. The summed E-state index contributed by atoms with van der Waals surface area (Å²) in [4.78, 5) is 71.3. The predicted molar refractivity (Wildman–Crippen MR) is 132 cm³/mol. The fourth-order valence-corrected chi connectivity index (χ4v) is 5.81. The summed E-state index contributed by atoms with van der Waals surface area (Å²) < 4.78 is 0.